The molecule has 2 aromatic rings. The molecule has 0 saturated carbocycles. The summed E-state index contributed by atoms with van der Waals surface area (Å²) in [5, 5.41) is 2.91. The van der Waals surface area contributed by atoms with Crippen molar-refractivity contribution in [1.29, 1.82) is 0 Å². The molecule has 0 radical (unpaired) electrons. The molecule has 1 aliphatic carbocycles. The number of esters is 1. The highest BCUT2D eigenvalue weighted by Gasteiger charge is 2.22. The van der Waals surface area contributed by atoms with Crippen molar-refractivity contribution in [2.24, 2.45) is 0 Å². The molecule has 0 bridgehead atoms. The van der Waals surface area contributed by atoms with Gasteiger partial charge in [-0.15, -0.1) is 0 Å². The van der Waals surface area contributed by atoms with E-state index >= 15 is 0 Å². The summed E-state index contributed by atoms with van der Waals surface area (Å²) >= 11 is 0. The highest BCUT2D eigenvalue weighted by atomic mass is 16.5. The van der Waals surface area contributed by atoms with Crippen LogP contribution in [-0.4, -0.2) is 28.5 Å². The van der Waals surface area contributed by atoms with Gasteiger partial charge in [0.15, 0.2) is 18.1 Å². The molecule has 0 aliphatic heterocycles. The van der Waals surface area contributed by atoms with E-state index in [4.69, 9.17) is 10.5 Å². The van der Waals surface area contributed by atoms with Crippen LogP contribution in [0.15, 0.2) is 36.7 Å². The van der Waals surface area contributed by atoms with Crippen LogP contribution in [0.25, 0.3) is 0 Å². The van der Waals surface area contributed by atoms with Crippen molar-refractivity contribution in [3.05, 3.63) is 53.5 Å². The van der Waals surface area contributed by atoms with Crippen LogP contribution < -0.4 is 11.1 Å². The number of hydrogen-bond acceptors (Lipinski definition) is 6. The molecular weight excluding hydrogens is 308 g/mol. The summed E-state index contributed by atoms with van der Waals surface area (Å²) in [6.45, 7) is -0.381. The van der Waals surface area contributed by atoms with Gasteiger partial charge in [-0.1, -0.05) is 24.3 Å². The van der Waals surface area contributed by atoms with Crippen LogP contribution >= 0.6 is 0 Å². The third kappa shape index (κ3) is 3.51. The van der Waals surface area contributed by atoms with Gasteiger partial charge in [0.05, 0.1) is 6.04 Å². The molecule has 1 aromatic carbocycles. The number of fused-ring (bicyclic) bond motifs is 1. The Balaban J connectivity index is 1.57. The van der Waals surface area contributed by atoms with E-state index in [2.05, 4.69) is 21.4 Å². The third-order valence-corrected chi connectivity index (χ3v) is 3.96. The molecule has 3 rings (SSSR count). The number of aromatic nitrogens is 2. The minimum absolute atomic E-state index is 0.0240. The van der Waals surface area contributed by atoms with E-state index in [-0.39, 0.29) is 30.1 Å². The highest BCUT2D eigenvalue weighted by Crippen LogP contribution is 2.29. The van der Waals surface area contributed by atoms with Crippen molar-refractivity contribution < 1.29 is 14.3 Å². The van der Waals surface area contributed by atoms with Crippen LogP contribution in [0.3, 0.4) is 0 Å². The second-order valence-electron chi connectivity index (χ2n) is 5.58. The lowest BCUT2D eigenvalue weighted by atomic mass is 9.88. The van der Waals surface area contributed by atoms with E-state index < -0.39 is 5.97 Å². The quantitative estimate of drug-likeness (QED) is 0.823. The van der Waals surface area contributed by atoms with Crippen molar-refractivity contribution >= 4 is 17.7 Å². The van der Waals surface area contributed by atoms with Crippen LogP contribution in [0.1, 0.15) is 40.5 Å². The largest absolute Gasteiger partial charge is 0.451 e. The average Bonchev–Trinajstić information content (AvgIpc) is 2.60. The number of amides is 1. The van der Waals surface area contributed by atoms with Crippen molar-refractivity contribution in [1.82, 2.24) is 15.3 Å². The maximum atomic E-state index is 12.1. The smallest absolute Gasteiger partial charge is 0.361 e. The van der Waals surface area contributed by atoms with E-state index in [1.165, 1.54) is 18.0 Å². The van der Waals surface area contributed by atoms with Gasteiger partial charge in [0.2, 0.25) is 0 Å². The molecule has 7 heteroatoms. The van der Waals surface area contributed by atoms with E-state index in [0.717, 1.165) is 24.8 Å². The van der Waals surface area contributed by atoms with Crippen LogP contribution in [0, 0.1) is 0 Å². The fourth-order valence-corrected chi connectivity index (χ4v) is 2.85. The number of carbonyl (C=O) groups excluding carboxylic acids is 2. The van der Waals surface area contributed by atoms with Crippen LogP contribution in [0.2, 0.25) is 0 Å². The Morgan fingerprint density at radius 1 is 1.25 bits per heavy atom. The molecular formula is C17H18N4O3. The number of nitrogens with one attached hydrogen (secondary N) is 1. The number of nitrogen functional groups attached to an aromatic ring is 1. The van der Waals surface area contributed by atoms with Crippen molar-refractivity contribution in [2.45, 2.75) is 25.3 Å². The minimum Gasteiger partial charge on any atom is -0.451 e. The van der Waals surface area contributed by atoms with Crippen molar-refractivity contribution in [2.75, 3.05) is 12.3 Å². The number of aryl methyl sites for hydroxylation is 1. The first-order valence-electron chi connectivity index (χ1n) is 7.76. The van der Waals surface area contributed by atoms with Gasteiger partial charge in [0.1, 0.15) is 0 Å². The van der Waals surface area contributed by atoms with Crippen molar-refractivity contribution in [3.8, 4) is 0 Å². The van der Waals surface area contributed by atoms with Gasteiger partial charge in [-0.05, 0) is 30.4 Å². The third-order valence-electron chi connectivity index (χ3n) is 3.96. The average molecular weight is 326 g/mol. The summed E-state index contributed by atoms with van der Waals surface area (Å²) in [5.41, 5.74) is 7.84. The Morgan fingerprint density at radius 3 is 2.88 bits per heavy atom. The number of ether oxygens (including phenoxy) is 1. The number of benzene rings is 1. The fourth-order valence-electron chi connectivity index (χ4n) is 2.85. The molecule has 7 nitrogen and oxygen atoms in total. The summed E-state index contributed by atoms with van der Waals surface area (Å²) in [6.07, 6.45) is 5.61. The molecule has 1 aliphatic rings. The Labute approximate surface area is 139 Å². The molecule has 1 atom stereocenters. The van der Waals surface area contributed by atoms with Crippen molar-refractivity contribution in [3.63, 3.8) is 0 Å². The lowest BCUT2D eigenvalue weighted by Gasteiger charge is -2.26. The molecule has 1 amide bonds. The van der Waals surface area contributed by atoms with Crippen LogP contribution in [0.4, 0.5) is 5.82 Å². The summed E-state index contributed by atoms with van der Waals surface area (Å²) in [5.74, 6) is -1.14. The minimum atomic E-state index is -0.764. The molecule has 0 unspecified atom stereocenters. The monoisotopic (exact) mass is 326 g/mol. The standard InChI is InChI=1S/C17H18N4O3/c18-16-15(19-8-9-20-16)17(23)24-10-14(22)21-13-7-3-5-11-4-1-2-6-12(11)13/h1-2,4,6,8-9,13H,3,5,7,10H2,(H2,18,20)(H,21,22)/t13-/m0/s1. The summed E-state index contributed by atoms with van der Waals surface area (Å²) in [7, 11) is 0. The van der Waals surface area contributed by atoms with Crippen LogP contribution in [-0.2, 0) is 16.0 Å². The predicted molar refractivity (Wildman–Crippen MR) is 87.0 cm³/mol. The van der Waals surface area contributed by atoms with Gasteiger partial charge in [-0.25, -0.2) is 14.8 Å². The molecule has 0 spiro atoms. The maximum Gasteiger partial charge on any atom is 0.361 e. The first-order chi connectivity index (χ1) is 11.6. The number of hydrogen-bond donors (Lipinski definition) is 2. The summed E-state index contributed by atoms with van der Waals surface area (Å²) in [6, 6.07) is 8.00. The first kappa shape index (κ1) is 15.9. The topological polar surface area (TPSA) is 107 Å². The van der Waals surface area contributed by atoms with Gasteiger partial charge in [0.25, 0.3) is 5.91 Å². The number of rotatable bonds is 4. The maximum absolute atomic E-state index is 12.1. The first-order valence-corrected chi connectivity index (χ1v) is 7.76. The summed E-state index contributed by atoms with van der Waals surface area (Å²) < 4.78 is 4.97. The zero-order valence-electron chi connectivity index (χ0n) is 13.1. The molecule has 1 heterocycles. The SMILES string of the molecule is Nc1nccnc1C(=O)OCC(=O)N[C@H]1CCCc2ccccc21. The fraction of sp³-hybridized carbons (Fsp3) is 0.294. The second-order valence-corrected chi connectivity index (χ2v) is 5.58. The van der Waals surface area contributed by atoms with E-state index in [0.29, 0.717) is 0 Å². The number of carbonyl (C=O) groups is 2. The number of nitrogens with zero attached hydrogens (tertiary/aromatic N) is 2. The normalized spacial score (nSPS) is 16.1. The lowest BCUT2D eigenvalue weighted by Crippen LogP contribution is -2.34. The number of anilines is 1. The highest BCUT2D eigenvalue weighted by molar-refractivity contribution is 5.93. The molecule has 0 fully saturated rings. The van der Waals surface area contributed by atoms with Crippen LogP contribution in [0.5, 0.6) is 0 Å². The van der Waals surface area contributed by atoms with Gasteiger partial charge >= 0.3 is 5.97 Å². The molecule has 3 N–H and O–H groups in total. The van der Waals surface area contributed by atoms with E-state index in [9.17, 15) is 9.59 Å². The van der Waals surface area contributed by atoms with Gasteiger partial charge in [-0.3, -0.25) is 4.79 Å². The Kier molecular flexibility index (Phi) is 4.69. The zero-order valence-corrected chi connectivity index (χ0v) is 13.1. The zero-order chi connectivity index (χ0) is 16.9. The van der Waals surface area contributed by atoms with E-state index in [1.54, 1.807) is 0 Å². The molecule has 1 aromatic heterocycles. The van der Waals surface area contributed by atoms with Gasteiger partial charge in [0, 0.05) is 12.4 Å². The molecule has 124 valence electrons. The summed E-state index contributed by atoms with van der Waals surface area (Å²) in [4.78, 5) is 31.5. The Hall–Kier alpha value is -2.96. The number of nitrogens with two attached hydrogens (primary N) is 1. The Morgan fingerprint density at radius 2 is 2.04 bits per heavy atom. The van der Waals surface area contributed by atoms with Gasteiger partial charge in [-0.2, -0.15) is 0 Å². The lowest BCUT2D eigenvalue weighted by molar-refractivity contribution is -0.125. The molecule has 24 heavy (non-hydrogen) atoms. The Bertz CT molecular complexity index is 763. The predicted octanol–water partition coefficient (Wildman–Crippen LogP) is 1.41. The second kappa shape index (κ2) is 7.08. The van der Waals surface area contributed by atoms with E-state index in [1.807, 2.05) is 18.2 Å². The van der Waals surface area contributed by atoms with Gasteiger partial charge < -0.3 is 15.8 Å². The molecule has 0 saturated heterocycles.